The molecule has 0 fully saturated rings. The molecule has 32 heavy (non-hydrogen) atoms. The number of unbranched alkanes of at least 4 members (excludes halogenated alkanes) is 4. The quantitative estimate of drug-likeness (QED) is 0.187. The zero-order valence-corrected chi connectivity index (χ0v) is 20.0. The van der Waals surface area contributed by atoms with Crippen LogP contribution in [0.1, 0.15) is 91.9 Å². The molecule has 8 nitrogen and oxygen atoms in total. The summed E-state index contributed by atoms with van der Waals surface area (Å²) in [6.07, 6.45) is 9.64. The number of aliphatic carboxylic acids is 2. The molecule has 0 amide bonds. The number of rotatable bonds is 16. The molecule has 0 rings (SSSR count). The smallest absolute Gasteiger partial charge is 0.332 e. The topological polar surface area (TPSA) is 127 Å². The minimum Gasteiger partial charge on any atom is -0.478 e. The van der Waals surface area contributed by atoms with Crippen LogP contribution in [-0.2, 0) is 28.7 Å². The van der Waals surface area contributed by atoms with Crippen LogP contribution < -0.4 is 0 Å². The first-order valence-corrected chi connectivity index (χ1v) is 11.4. The van der Waals surface area contributed by atoms with Gasteiger partial charge in [0.1, 0.15) is 0 Å². The van der Waals surface area contributed by atoms with E-state index in [0.717, 1.165) is 50.7 Å². The third-order valence-electron chi connectivity index (χ3n) is 4.28. The van der Waals surface area contributed by atoms with Crippen molar-refractivity contribution in [1.82, 2.24) is 0 Å². The van der Waals surface area contributed by atoms with E-state index >= 15 is 0 Å². The lowest BCUT2D eigenvalue weighted by molar-refractivity contribution is -0.140. The van der Waals surface area contributed by atoms with E-state index in [9.17, 15) is 19.2 Å². The van der Waals surface area contributed by atoms with E-state index < -0.39 is 23.9 Å². The van der Waals surface area contributed by atoms with Crippen LogP contribution in [0.15, 0.2) is 23.3 Å². The maximum absolute atomic E-state index is 11.0. The lowest BCUT2D eigenvalue weighted by Gasteiger charge is -2.08. The second kappa shape index (κ2) is 21.6. The molecule has 0 aliphatic rings. The van der Waals surface area contributed by atoms with Crippen LogP contribution in [0.2, 0.25) is 0 Å². The first-order valence-electron chi connectivity index (χ1n) is 11.4. The Morgan fingerprint density at radius 3 is 1.16 bits per heavy atom. The van der Waals surface area contributed by atoms with Crippen LogP contribution in [0.25, 0.3) is 0 Å². The fourth-order valence-electron chi connectivity index (χ4n) is 2.35. The van der Waals surface area contributed by atoms with Gasteiger partial charge >= 0.3 is 23.9 Å². The Morgan fingerprint density at radius 1 is 0.594 bits per heavy atom. The summed E-state index contributed by atoms with van der Waals surface area (Å²) in [6.45, 7) is 8.70. The molecule has 0 aromatic rings. The minimum absolute atomic E-state index is 0.0720. The predicted molar refractivity (Wildman–Crippen MR) is 122 cm³/mol. The zero-order valence-electron chi connectivity index (χ0n) is 20.0. The van der Waals surface area contributed by atoms with Crippen molar-refractivity contribution in [2.24, 2.45) is 0 Å². The van der Waals surface area contributed by atoms with Gasteiger partial charge in [0.2, 0.25) is 0 Å². The van der Waals surface area contributed by atoms with Crippen molar-refractivity contribution in [3.63, 3.8) is 0 Å². The van der Waals surface area contributed by atoms with Crippen molar-refractivity contribution in [3.05, 3.63) is 23.3 Å². The van der Waals surface area contributed by atoms with Gasteiger partial charge < -0.3 is 19.7 Å². The predicted octanol–water partition coefficient (Wildman–Crippen LogP) is 5.06. The summed E-state index contributed by atoms with van der Waals surface area (Å²) in [5, 5.41) is 18.0. The molecule has 0 aromatic heterocycles. The Morgan fingerprint density at radius 2 is 0.906 bits per heavy atom. The van der Waals surface area contributed by atoms with Crippen LogP contribution in [-0.4, -0.2) is 47.3 Å². The number of carboxylic acids is 2. The highest BCUT2D eigenvalue weighted by molar-refractivity contribution is 5.98. The first kappa shape index (κ1) is 31.5. The summed E-state index contributed by atoms with van der Waals surface area (Å²) in [5.41, 5.74) is 0.144. The van der Waals surface area contributed by atoms with Crippen molar-refractivity contribution < 1.29 is 38.9 Å². The molecule has 0 aliphatic heterocycles. The molecule has 2 N–H and O–H groups in total. The van der Waals surface area contributed by atoms with Gasteiger partial charge in [-0.15, -0.1) is 0 Å². The monoisotopic (exact) mass is 456 g/mol. The second-order valence-corrected chi connectivity index (χ2v) is 7.15. The Balaban J connectivity index is 0. The van der Waals surface area contributed by atoms with Gasteiger partial charge in [-0.2, -0.15) is 0 Å². The Hall–Kier alpha value is -2.64. The van der Waals surface area contributed by atoms with E-state index in [2.05, 4.69) is 0 Å². The molecule has 0 saturated carbocycles. The summed E-state index contributed by atoms with van der Waals surface area (Å²) < 4.78 is 9.65. The summed E-state index contributed by atoms with van der Waals surface area (Å²) in [4.78, 5) is 44.1. The molecule has 184 valence electrons. The summed E-state index contributed by atoms with van der Waals surface area (Å²) in [5.74, 6) is -3.19. The van der Waals surface area contributed by atoms with Crippen molar-refractivity contribution in [1.29, 1.82) is 0 Å². The maximum Gasteiger partial charge on any atom is 0.332 e. The highest BCUT2D eigenvalue weighted by atomic mass is 16.5. The fourth-order valence-corrected chi connectivity index (χ4v) is 2.35. The van der Waals surface area contributed by atoms with Crippen molar-refractivity contribution in [2.75, 3.05) is 13.2 Å². The number of hydrogen-bond donors (Lipinski definition) is 2. The SMILES string of the molecule is CCCCC(C(=O)O)=C(CCCC)C(=O)O.CCCCOC(=O)C=CC(=O)OCCCC. The van der Waals surface area contributed by atoms with Gasteiger partial charge in [0.15, 0.2) is 0 Å². The summed E-state index contributed by atoms with van der Waals surface area (Å²) in [7, 11) is 0. The standard InChI is InChI=1S/2C12H20O4/c1-3-5-9-15-11(13)7-8-12(14)16-10-6-4-2;1-3-5-7-9(11(13)14)10(12(15)16)8-6-4-2/h7-8H,3-6,9-10H2,1-2H3;3-8H2,1-2H3,(H,13,14)(H,15,16). The van der Waals surface area contributed by atoms with Crippen molar-refractivity contribution in [3.8, 4) is 0 Å². The number of esters is 2. The van der Waals surface area contributed by atoms with E-state index in [0.29, 0.717) is 38.9 Å². The van der Waals surface area contributed by atoms with Crippen molar-refractivity contribution in [2.45, 2.75) is 91.9 Å². The molecule has 0 atom stereocenters. The minimum atomic E-state index is -1.10. The van der Waals surface area contributed by atoms with E-state index in [1.54, 1.807) is 0 Å². The zero-order chi connectivity index (χ0) is 24.8. The van der Waals surface area contributed by atoms with Crippen molar-refractivity contribution >= 4 is 23.9 Å². The van der Waals surface area contributed by atoms with Crippen LogP contribution in [0, 0.1) is 0 Å². The average molecular weight is 457 g/mol. The van der Waals surface area contributed by atoms with Gasteiger partial charge in [-0.3, -0.25) is 0 Å². The van der Waals surface area contributed by atoms with Crippen LogP contribution in [0.5, 0.6) is 0 Å². The summed E-state index contributed by atoms with van der Waals surface area (Å²) >= 11 is 0. The van der Waals surface area contributed by atoms with E-state index in [-0.39, 0.29) is 11.1 Å². The van der Waals surface area contributed by atoms with Gasteiger partial charge in [0.05, 0.1) is 13.2 Å². The molecular formula is C24H40O8. The van der Waals surface area contributed by atoms with E-state index in [4.69, 9.17) is 19.7 Å². The molecule has 0 radical (unpaired) electrons. The Labute approximate surface area is 191 Å². The number of carbonyl (C=O) groups is 4. The molecule has 0 heterocycles. The van der Waals surface area contributed by atoms with Gasteiger partial charge in [0, 0.05) is 23.3 Å². The van der Waals surface area contributed by atoms with Gasteiger partial charge in [-0.05, 0) is 38.5 Å². The Kier molecular flexibility index (Phi) is 21.3. The fraction of sp³-hybridized carbons (Fsp3) is 0.667. The summed E-state index contributed by atoms with van der Waals surface area (Å²) in [6, 6.07) is 0. The second-order valence-electron chi connectivity index (χ2n) is 7.15. The highest BCUT2D eigenvalue weighted by Gasteiger charge is 2.18. The highest BCUT2D eigenvalue weighted by Crippen LogP contribution is 2.18. The van der Waals surface area contributed by atoms with Crippen LogP contribution >= 0.6 is 0 Å². The molecule has 0 spiro atoms. The van der Waals surface area contributed by atoms with E-state index in [1.165, 1.54) is 0 Å². The van der Waals surface area contributed by atoms with E-state index in [1.807, 2.05) is 27.7 Å². The average Bonchev–Trinajstić information content (AvgIpc) is 2.75. The normalized spacial score (nSPS) is 11.2. The molecule has 0 saturated heterocycles. The Bertz CT molecular complexity index is 567. The van der Waals surface area contributed by atoms with Gasteiger partial charge in [0.25, 0.3) is 0 Å². The molecule has 0 aliphatic carbocycles. The molecule has 8 heteroatoms. The third kappa shape index (κ3) is 18.2. The van der Waals surface area contributed by atoms with Gasteiger partial charge in [-0.25, -0.2) is 19.2 Å². The molecule has 0 aromatic carbocycles. The van der Waals surface area contributed by atoms with Crippen LogP contribution in [0.3, 0.4) is 0 Å². The number of carbonyl (C=O) groups excluding carboxylic acids is 2. The molecule has 0 unspecified atom stereocenters. The number of ether oxygens (including phenoxy) is 2. The molecule has 0 bridgehead atoms. The van der Waals surface area contributed by atoms with Gasteiger partial charge in [-0.1, -0.05) is 53.4 Å². The number of hydrogen-bond acceptors (Lipinski definition) is 6. The number of carboxylic acid groups (broad SMARTS) is 2. The first-order chi connectivity index (χ1) is 15.2. The maximum atomic E-state index is 11.0. The lowest BCUT2D eigenvalue weighted by atomic mass is 9.98. The third-order valence-corrected chi connectivity index (χ3v) is 4.28. The molecular weight excluding hydrogens is 416 g/mol. The van der Waals surface area contributed by atoms with Crippen LogP contribution in [0.4, 0.5) is 0 Å². The largest absolute Gasteiger partial charge is 0.478 e. The lowest BCUT2D eigenvalue weighted by Crippen LogP contribution is -2.11.